The van der Waals surface area contributed by atoms with Crippen LogP contribution < -0.4 is 5.32 Å². The van der Waals surface area contributed by atoms with Crippen LogP contribution in [0.5, 0.6) is 0 Å². The minimum absolute atomic E-state index is 0.138. The number of hydrogen-bond donors (Lipinski definition) is 1. The molecule has 4 nitrogen and oxygen atoms in total. The summed E-state index contributed by atoms with van der Waals surface area (Å²) in [6.07, 6.45) is 4.31. The van der Waals surface area contributed by atoms with Gasteiger partial charge in [-0.25, -0.2) is 4.39 Å². The SMILES string of the molecule is C[C@H](C(=O)Nc1ccncc1F)C1CCOCC1. The second-order valence-electron chi connectivity index (χ2n) is 4.58. The molecule has 1 saturated heterocycles. The molecular weight excluding hydrogens is 235 g/mol. The Morgan fingerprint density at radius 1 is 1.56 bits per heavy atom. The van der Waals surface area contributed by atoms with Gasteiger partial charge in [0.2, 0.25) is 5.91 Å². The number of pyridine rings is 1. The van der Waals surface area contributed by atoms with Gasteiger partial charge in [0.1, 0.15) is 0 Å². The molecule has 1 aliphatic rings. The van der Waals surface area contributed by atoms with Crippen LogP contribution in [0.25, 0.3) is 0 Å². The van der Waals surface area contributed by atoms with Gasteiger partial charge in [-0.05, 0) is 24.8 Å². The quantitative estimate of drug-likeness (QED) is 0.897. The molecule has 1 fully saturated rings. The Labute approximate surface area is 106 Å². The maximum absolute atomic E-state index is 13.4. The van der Waals surface area contributed by atoms with E-state index < -0.39 is 5.82 Å². The van der Waals surface area contributed by atoms with Crippen molar-refractivity contribution >= 4 is 11.6 Å². The molecular formula is C13H17FN2O2. The van der Waals surface area contributed by atoms with Gasteiger partial charge in [-0.1, -0.05) is 6.92 Å². The lowest BCUT2D eigenvalue weighted by atomic mass is 9.87. The lowest BCUT2D eigenvalue weighted by molar-refractivity contribution is -0.122. The number of rotatable bonds is 3. The summed E-state index contributed by atoms with van der Waals surface area (Å²) in [5.74, 6) is -0.484. The van der Waals surface area contributed by atoms with E-state index in [0.29, 0.717) is 19.1 Å². The van der Waals surface area contributed by atoms with E-state index >= 15 is 0 Å². The van der Waals surface area contributed by atoms with Gasteiger partial charge in [0.05, 0.1) is 11.9 Å². The van der Waals surface area contributed by atoms with E-state index in [1.807, 2.05) is 6.92 Å². The Hall–Kier alpha value is -1.49. The topological polar surface area (TPSA) is 51.2 Å². The van der Waals surface area contributed by atoms with Crippen molar-refractivity contribution in [2.45, 2.75) is 19.8 Å². The minimum Gasteiger partial charge on any atom is -0.381 e. The molecule has 0 spiro atoms. The average Bonchev–Trinajstić information content (AvgIpc) is 2.41. The third-order valence-electron chi connectivity index (χ3n) is 3.42. The number of carbonyl (C=O) groups is 1. The molecule has 0 aromatic carbocycles. The van der Waals surface area contributed by atoms with Crippen molar-refractivity contribution in [1.29, 1.82) is 0 Å². The normalized spacial score (nSPS) is 18.3. The highest BCUT2D eigenvalue weighted by molar-refractivity contribution is 5.92. The summed E-state index contributed by atoms with van der Waals surface area (Å²) < 4.78 is 18.6. The molecule has 0 radical (unpaired) electrons. The van der Waals surface area contributed by atoms with Crippen LogP contribution in [0.1, 0.15) is 19.8 Å². The van der Waals surface area contributed by atoms with Crippen LogP contribution in [-0.2, 0) is 9.53 Å². The molecule has 1 aromatic heterocycles. The first kappa shape index (κ1) is 13.0. The zero-order valence-corrected chi connectivity index (χ0v) is 10.4. The Morgan fingerprint density at radius 2 is 2.28 bits per heavy atom. The fraction of sp³-hybridized carbons (Fsp3) is 0.538. The third kappa shape index (κ3) is 3.04. The Morgan fingerprint density at radius 3 is 2.94 bits per heavy atom. The third-order valence-corrected chi connectivity index (χ3v) is 3.42. The summed E-state index contributed by atoms with van der Waals surface area (Å²) in [6.45, 7) is 3.28. The van der Waals surface area contributed by atoms with Gasteiger partial charge in [0.15, 0.2) is 5.82 Å². The average molecular weight is 252 g/mol. The molecule has 2 rings (SSSR count). The van der Waals surface area contributed by atoms with Gasteiger partial charge in [-0.3, -0.25) is 9.78 Å². The molecule has 98 valence electrons. The molecule has 1 aliphatic heterocycles. The highest BCUT2D eigenvalue weighted by atomic mass is 19.1. The fourth-order valence-electron chi connectivity index (χ4n) is 2.15. The van der Waals surface area contributed by atoms with Gasteiger partial charge >= 0.3 is 0 Å². The second kappa shape index (κ2) is 5.91. The van der Waals surface area contributed by atoms with E-state index in [0.717, 1.165) is 19.0 Å². The zero-order valence-electron chi connectivity index (χ0n) is 10.4. The molecule has 0 aliphatic carbocycles. The van der Waals surface area contributed by atoms with Crippen LogP contribution in [0.3, 0.4) is 0 Å². The number of nitrogens with one attached hydrogen (secondary N) is 1. The molecule has 1 aromatic rings. The molecule has 0 bridgehead atoms. The number of nitrogens with zero attached hydrogens (tertiary/aromatic N) is 1. The number of anilines is 1. The summed E-state index contributed by atoms with van der Waals surface area (Å²) in [5, 5.41) is 2.61. The van der Waals surface area contributed by atoms with E-state index in [9.17, 15) is 9.18 Å². The molecule has 1 amide bonds. The number of hydrogen-bond acceptors (Lipinski definition) is 3. The molecule has 18 heavy (non-hydrogen) atoms. The smallest absolute Gasteiger partial charge is 0.227 e. The first-order valence-corrected chi connectivity index (χ1v) is 6.16. The van der Waals surface area contributed by atoms with Crippen molar-refractivity contribution in [3.63, 3.8) is 0 Å². The lowest BCUT2D eigenvalue weighted by Gasteiger charge is -2.26. The number of amides is 1. The van der Waals surface area contributed by atoms with Gasteiger partial charge < -0.3 is 10.1 Å². The van der Waals surface area contributed by atoms with Crippen LogP contribution in [-0.4, -0.2) is 24.1 Å². The Kier molecular flexibility index (Phi) is 4.25. The first-order valence-electron chi connectivity index (χ1n) is 6.16. The van der Waals surface area contributed by atoms with Crippen LogP contribution in [0, 0.1) is 17.7 Å². The maximum Gasteiger partial charge on any atom is 0.227 e. The highest BCUT2D eigenvalue weighted by Gasteiger charge is 2.26. The molecule has 2 heterocycles. The van der Waals surface area contributed by atoms with Crippen molar-refractivity contribution in [2.75, 3.05) is 18.5 Å². The number of ether oxygens (including phenoxy) is 1. The van der Waals surface area contributed by atoms with E-state index in [1.54, 1.807) is 0 Å². The van der Waals surface area contributed by atoms with Crippen LogP contribution >= 0.6 is 0 Å². The maximum atomic E-state index is 13.4. The minimum atomic E-state index is -0.509. The summed E-state index contributed by atoms with van der Waals surface area (Å²) >= 11 is 0. The van der Waals surface area contributed by atoms with Gasteiger partial charge in [0, 0.05) is 25.3 Å². The highest BCUT2D eigenvalue weighted by Crippen LogP contribution is 2.25. The Bertz CT molecular complexity index is 419. The molecule has 0 unspecified atom stereocenters. The van der Waals surface area contributed by atoms with Crippen molar-refractivity contribution in [3.8, 4) is 0 Å². The van der Waals surface area contributed by atoms with E-state index in [1.165, 1.54) is 12.3 Å². The van der Waals surface area contributed by atoms with E-state index in [4.69, 9.17) is 4.74 Å². The van der Waals surface area contributed by atoms with Gasteiger partial charge in [0.25, 0.3) is 0 Å². The van der Waals surface area contributed by atoms with Gasteiger partial charge in [-0.2, -0.15) is 0 Å². The second-order valence-corrected chi connectivity index (χ2v) is 4.58. The number of halogens is 1. The van der Waals surface area contributed by atoms with Crippen LogP contribution in [0.2, 0.25) is 0 Å². The molecule has 1 atom stereocenters. The lowest BCUT2D eigenvalue weighted by Crippen LogP contribution is -2.31. The van der Waals surface area contributed by atoms with Gasteiger partial charge in [-0.15, -0.1) is 0 Å². The molecule has 5 heteroatoms. The first-order chi connectivity index (χ1) is 8.68. The zero-order chi connectivity index (χ0) is 13.0. The summed E-state index contributed by atoms with van der Waals surface area (Å²) in [6, 6.07) is 1.46. The number of aromatic nitrogens is 1. The largest absolute Gasteiger partial charge is 0.381 e. The number of carbonyl (C=O) groups excluding carboxylic acids is 1. The summed E-state index contributed by atoms with van der Waals surface area (Å²) in [5.41, 5.74) is 0.189. The standard InChI is InChI=1S/C13H17FN2O2/c1-9(10-3-6-18-7-4-10)13(17)16-12-2-5-15-8-11(12)14/h2,5,8-10H,3-4,6-7H2,1H3,(H,15,16,17)/t9-/m0/s1. The predicted octanol–water partition coefficient (Wildman–Crippen LogP) is 2.22. The monoisotopic (exact) mass is 252 g/mol. The van der Waals surface area contributed by atoms with Crippen molar-refractivity contribution in [3.05, 3.63) is 24.3 Å². The van der Waals surface area contributed by atoms with Crippen LogP contribution in [0.4, 0.5) is 10.1 Å². The van der Waals surface area contributed by atoms with E-state index in [-0.39, 0.29) is 17.5 Å². The fourth-order valence-corrected chi connectivity index (χ4v) is 2.15. The van der Waals surface area contributed by atoms with Crippen molar-refractivity contribution in [2.24, 2.45) is 11.8 Å². The predicted molar refractivity (Wildman–Crippen MR) is 65.5 cm³/mol. The Balaban J connectivity index is 1.97. The molecule has 0 saturated carbocycles. The summed E-state index contributed by atoms with van der Waals surface area (Å²) in [4.78, 5) is 15.7. The molecule has 1 N–H and O–H groups in total. The van der Waals surface area contributed by atoms with Crippen molar-refractivity contribution < 1.29 is 13.9 Å². The summed E-state index contributed by atoms with van der Waals surface area (Å²) in [7, 11) is 0. The van der Waals surface area contributed by atoms with Crippen molar-refractivity contribution in [1.82, 2.24) is 4.98 Å². The van der Waals surface area contributed by atoms with E-state index in [2.05, 4.69) is 10.3 Å². The van der Waals surface area contributed by atoms with Crippen LogP contribution in [0.15, 0.2) is 18.5 Å².